The number of benzene rings is 1. The Bertz CT molecular complexity index is 807. The zero-order valence-electron chi connectivity index (χ0n) is 14.9. The van der Waals surface area contributed by atoms with E-state index in [-0.39, 0.29) is 11.2 Å². The molecule has 4 nitrogen and oxygen atoms in total. The molecule has 0 saturated carbocycles. The van der Waals surface area contributed by atoms with Crippen molar-refractivity contribution in [2.45, 2.75) is 39.5 Å². The first-order chi connectivity index (χ1) is 11.7. The van der Waals surface area contributed by atoms with Crippen LogP contribution in [0.1, 0.15) is 45.1 Å². The van der Waals surface area contributed by atoms with Crippen LogP contribution in [0.25, 0.3) is 0 Å². The predicted octanol–water partition coefficient (Wildman–Crippen LogP) is 4.33. The fourth-order valence-electron chi connectivity index (χ4n) is 3.94. The van der Waals surface area contributed by atoms with E-state index in [1.165, 1.54) is 7.11 Å². The van der Waals surface area contributed by atoms with Crippen molar-refractivity contribution in [2.75, 3.05) is 7.11 Å². The zero-order chi connectivity index (χ0) is 18.4. The Morgan fingerprint density at radius 1 is 1.28 bits per heavy atom. The molecule has 1 aromatic carbocycles. The lowest BCUT2D eigenvalue weighted by Crippen LogP contribution is -2.39. The van der Waals surface area contributed by atoms with Gasteiger partial charge in [-0.1, -0.05) is 43.6 Å². The van der Waals surface area contributed by atoms with Crippen molar-refractivity contribution in [3.05, 3.63) is 46.1 Å². The van der Waals surface area contributed by atoms with E-state index in [1.807, 2.05) is 25.1 Å². The van der Waals surface area contributed by atoms with Crippen LogP contribution in [0.15, 0.2) is 40.5 Å². The quantitative estimate of drug-likeness (QED) is 0.738. The number of hydrogen-bond donors (Lipinski definition) is 0. The van der Waals surface area contributed by atoms with Crippen molar-refractivity contribution in [3.63, 3.8) is 0 Å². The summed E-state index contributed by atoms with van der Waals surface area (Å²) in [6.45, 7) is 5.95. The molecule has 0 aromatic heterocycles. The standard InChI is InChI=1S/C20H22ClNO3/c1-11-16(19(24)25-4)17(12-7-5-6-8-13(12)21)18-14(22-11)9-20(2,3)10-15(18)23/h5-8,16-17H,9-10H2,1-4H3/t16?,17-/m1/s1. The van der Waals surface area contributed by atoms with Crippen LogP contribution in [0.3, 0.4) is 0 Å². The number of methoxy groups -OCH3 is 1. The fourth-order valence-corrected chi connectivity index (χ4v) is 4.19. The molecule has 0 fully saturated rings. The first-order valence-electron chi connectivity index (χ1n) is 8.39. The van der Waals surface area contributed by atoms with E-state index in [2.05, 4.69) is 18.8 Å². The van der Waals surface area contributed by atoms with Gasteiger partial charge in [-0.15, -0.1) is 0 Å². The molecule has 0 radical (unpaired) electrons. The first-order valence-corrected chi connectivity index (χ1v) is 8.76. The molecule has 3 rings (SSSR count). The Morgan fingerprint density at radius 3 is 2.60 bits per heavy atom. The minimum atomic E-state index is -0.631. The van der Waals surface area contributed by atoms with Crippen molar-refractivity contribution in [2.24, 2.45) is 16.3 Å². The minimum Gasteiger partial charge on any atom is -0.468 e. The van der Waals surface area contributed by atoms with E-state index in [9.17, 15) is 9.59 Å². The number of carbonyl (C=O) groups is 2. The molecule has 1 aromatic rings. The smallest absolute Gasteiger partial charge is 0.315 e. The molecule has 0 bridgehead atoms. The van der Waals surface area contributed by atoms with Crippen LogP contribution in [-0.4, -0.2) is 24.6 Å². The molecule has 0 amide bonds. The lowest BCUT2D eigenvalue weighted by molar-refractivity contribution is -0.143. The van der Waals surface area contributed by atoms with Crippen LogP contribution < -0.4 is 0 Å². The molecular weight excluding hydrogens is 338 g/mol. The monoisotopic (exact) mass is 359 g/mol. The van der Waals surface area contributed by atoms with Gasteiger partial charge in [0.1, 0.15) is 5.92 Å². The van der Waals surface area contributed by atoms with Gasteiger partial charge >= 0.3 is 5.97 Å². The number of esters is 1. The van der Waals surface area contributed by atoms with Gasteiger partial charge in [-0.2, -0.15) is 0 Å². The second-order valence-corrected chi connectivity index (χ2v) is 7.96. The summed E-state index contributed by atoms with van der Waals surface area (Å²) in [6.07, 6.45) is 1.15. The molecule has 1 heterocycles. The fraction of sp³-hybridized carbons (Fsp3) is 0.450. The van der Waals surface area contributed by atoms with Crippen molar-refractivity contribution in [1.29, 1.82) is 0 Å². The Labute approximate surface area is 152 Å². The lowest BCUT2D eigenvalue weighted by Gasteiger charge is -2.39. The molecule has 5 heteroatoms. The number of ketones is 1. The summed E-state index contributed by atoms with van der Waals surface area (Å²) in [4.78, 5) is 30.1. The maximum Gasteiger partial charge on any atom is 0.315 e. The van der Waals surface area contributed by atoms with Crippen LogP contribution in [-0.2, 0) is 14.3 Å². The van der Waals surface area contributed by atoms with Crippen molar-refractivity contribution < 1.29 is 14.3 Å². The summed E-state index contributed by atoms with van der Waals surface area (Å²) in [5.41, 5.74) is 2.70. The molecule has 132 valence electrons. The molecule has 2 aliphatic rings. The summed E-state index contributed by atoms with van der Waals surface area (Å²) in [6, 6.07) is 7.36. The van der Waals surface area contributed by atoms with Gasteiger partial charge in [-0.25, -0.2) is 0 Å². The number of carbonyl (C=O) groups excluding carboxylic acids is 2. The zero-order valence-corrected chi connectivity index (χ0v) is 15.7. The number of allylic oxidation sites excluding steroid dienone is 2. The maximum atomic E-state index is 13.0. The van der Waals surface area contributed by atoms with E-state index in [1.54, 1.807) is 6.07 Å². The van der Waals surface area contributed by atoms with Gasteiger partial charge in [0.05, 0.1) is 7.11 Å². The summed E-state index contributed by atoms with van der Waals surface area (Å²) in [5.74, 6) is -1.43. The number of Topliss-reactive ketones (excluding diaryl/α,β-unsaturated/α-hetero) is 1. The predicted molar refractivity (Wildman–Crippen MR) is 97.9 cm³/mol. The first kappa shape index (κ1) is 17.9. The molecular formula is C20H22ClNO3. The van der Waals surface area contributed by atoms with Crippen LogP contribution >= 0.6 is 11.6 Å². The van der Waals surface area contributed by atoms with Crippen molar-refractivity contribution in [1.82, 2.24) is 0 Å². The molecule has 1 aliphatic heterocycles. The largest absolute Gasteiger partial charge is 0.468 e. The van der Waals surface area contributed by atoms with Gasteiger partial charge in [0, 0.05) is 34.3 Å². The average molecular weight is 360 g/mol. The van der Waals surface area contributed by atoms with Crippen LogP contribution in [0.2, 0.25) is 5.02 Å². The number of ether oxygens (including phenoxy) is 1. The highest BCUT2D eigenvalue weighted by molar-refractivity contribution is 6.31. The summed E-state index contributed by atoms with van der Waals surface area (Å²) in [7, 11) is 1.36. The lowest BCUT2D eigenvalue weighted by atomic mass is 9.67. The van der Waals surface area contributed by atoms with E-state index < -0.39 is 17.8 Å². The van der Waals surface area contributed by atoms with Gasteiger partial charge in [-0.3, -0.25) is 14.6 Å². The van der Waals surface area contributed by atoms with Crippen LogP contribution in [0, 0.1) is 11.3 Å². The molecule has 2 atom stereocenters. The van der Waals surface area contributed by atoms with E-state index >= 15 is 0 Å². The second-order valence-electron chi connectivity index (χ2n) is 7.55. The number of aliphatic imine (C=N–C) groups is 1. The Hall–Kier alpha value is -1.94. The van der Waals surface area contributed by atoms with E-state index in [0.29, 0.717) is 29.1 Å². The number of nitrogens with zero attached hydrogens (tertiary/aromatic N) is 1. The third kappa shape index (κ3) is 3.15. The molecule has 0 saturated heterocycles. The normalized spacial score (nSPS) is 25.3. The van der Waals surface area contributed by atoms with Gasteiger partial charge < -0.3 is 4.74 Å². The maximum absolute atomic E-state index is 13.0. The molecule has 1 aliphatic carbocycles. The summed E-state index contributed by atoms with van der Waals surface area (Å²) in [5, 5.41) is 0.542. The highest BCUT2D eigenvalue weighted by atomic mass is 35.5. The van der Waals surface area contributed by atoms with Gasteiger partial charge in [0.25, 0.3) is 0 Å². The number of halogens is 1. The highest BCUT2D eigenvalue weighted by Gasteiger charge is 2.46. The van der Waals surface area contributed by atoms with Gasteiger partial charge in [0.2, 0.25) is 0 Å². The van der Waals surface area contributed by atoms with Gasteiger partial charge in [0.15, 0.2) is 5.78 Å². The molecule has 1 unspecified atom stereocenters. The SMILES string of the molecule is COC(=O)C1C(C)=NC2=C(C(=O)CC(C)(C)C2)[C@@H]1c1ccccc1Cl. The van der Waals surface area contributed by atoms with E-state index in [4.69, 9.17) is 16.3 Å². The average Bonchev–Trinajstić information content (AvgIpc) is 2.52. The molecule has 0 N–H and O–H groups in total. The van der Waals surface area contributed by atoms with Crippen LogP contribution in [0.4, 0.5) is 0 Å². The number of hydrogen-bond acceptors (Lipinski definition) is 4. The molecule has 25 heavy (non-hydrogen) atoms. The van der Waals surface area contributed by atoms with Crippen molar-refractivity contribution >= 4 is 29.1 Å². The van der Waals surface area contributed by atoms with E-state index in [0.717, 1.165) is 11.3 Å². The highest BCUT2D eigenvalue weighted by Crippen LogP contribution is 2.48. The summed E-state index contributed by atoms with van der Waals surface area (Å²) < 4.78 is 5.01. The Balaban J connectivity index is 2.23. The third-order valence-electron chi connectivity index (χ3n) is 5.00. The second kappa shape index (κ2) is 6.41. The summed E-state index contributed by atoms with van der Waals surface area (Å²) >= 11 is 6.43. The number of rotatable bonds is 2. The van der Waals surface area contributed by atoms with Crippen LogP contribution in [0.5, 0.6) is 0 Å². The minimum absolute atomic E-state index is 0.0429. The Kier molecular flexibility index (Phi) is 4.58. The topological polar surface area (TPSA) is 55.7 Å². The Morgan fingerprint density at radius 2 is 1.96 bits per heavy atom. The van der Waals surface area contributed by atoms with Crippen molar-refractivity contribution in [3.8, 4) is 0 Å². The van der Waals surface area contributed by atoms with Gasteiger partial charge in [-0.05, 0) is 30.4 Å². The third-order valence-corrected chi connectivity index (χ3v) is 5.34. The molecule has 0 spiro atoms.